The fraction of sp³-hybridized carbons (Fsp3) is 0.500. The van der Waals surface area contributed by atoms with E-state index >= 15 is 0 Å². The molecule has 4 heteroatoms. The first kappa shape index (κ1) is 14.4. The molecule has 0 unspecified atom stereocenters. The summed E-state index contributed by atoms with van der Waals surface area (Å²) < 4.78 is 0. The van der Waals surface area contributed by atoms with Gasteiger partial charge in [0.05, 0.1) is 0 Å². The Kier molecular flexibility index (Phi) is 5.43. The molecule has 1 N–H and O–H groups in total. The minimum Gasteiger partial charge on any atom is -0.291 e. The van der Waals surface area contributed by atoms with Gasteiger partial charge in [0.15, 0.2) is 6.19 Å². The largest absolute Gasteiger partial charge is 0.335 e. The highest BCUT2D eigenvalue weighted by molar-refractivity contribution is 5.93. The zero-order chi connectivity index (χ0) is 14.2. The Morgan fingerprint density at radius 3 is 2.30 bits per heavy atom. The van der Waals surface area contributed by atoms with E-state index in [1.165, 1.54) is 19.3 Å². The number of para-hydroxylation sites is 1. The van der Waals surface area contributed by atoms with Gasteiger partial charge in [-0.05, 0) is 25.0 Å². The van der Waals surface area contributed by atoms with Gasteiger partial charge < -0.3 is 0 Å². The molecule has 106 valence electrons. The molecule has 0 heterocycles. The molecule has 1 saturated carbocycles. The number of hydrogen-bond donors (Lipinski definition) is 1. The number of nitrogens with one attached hydrogen (secondary N) is 1. The van der Waals surface area contributed by atoms with Crippen molar-refractivity contribution in [3.05, 3.63) is 30.3 Å². The predicted octanol–water partition coefficient (Wildman–Crippen LogP) is 3.80. The summed E-state index contributed by atoms with van der Waals surface area (Å²) in [6.07, 6.45) is 9.82. The molecule has 0 atom stereocenters. The van der Waals surface area contributed by atoms with Crippen molar-refractivity contribution in [2.45, 2.75) is 51.0 Å². The first-order valence-corrected chi connectivity index (χ1v) is 7.36. The fourth-order valence-corrected chi connectivity index (χ4v) is 2.88. The Labute approximate surface area is 120 Å². The van der Waals surface area contributed by atoms with Gasteiger partial charge in [-0.3, -0.25) is 4.90 Å². The Morgan fingerprint density at radius 2 is 1.70 bits per heavy atom. The molecule has 0 spiro atoms. The van der Waals surface area contributed by atoms with Crippen LogP contribution in [0.3, 0.4) is 0 Å². The van der Waals surface area contributed by atoms with E-state index in [2.05, 4.69) is 5.32 Å². The number of anilines is 1. The number of amides is 2. The van der Waals surface area contributed by atoms with E-state index in [1.54, 1.807) is 11.1 Å². The van der Waals surface area contributed by atoms with Crippen LogP contribution >= 0.6 is 0 Å². The summed E-state index contributed by atoms with van der Waals surface area (Å²) in [4.78, 5) is 14.0. The van der Waals surface area contributed by atoms with Crippen molar-refractivity contribution in [2.75, 3.05) is 4.90 Å². The van der Waals surface area contributed by atoms with Crippen molar-refractivity contribution in [3.63, 3.8) is 0 Å². The molecule has 0 bridgehead atoms. The molecule has 0 aliphatic heterocycles. The van der Waals surface area contributed by atoms with Crippen molar-refractivity contribution in [2.24, 2.45) is 0 Å². The lowest BCUT2D eigenvalue weighted by Crippen LogP contribution is -2.45. The zero-order valence-corrected chi connectivity index (χ0v) is 11.7. The summed E-state index contributed by atoms with van der Waals surface area (Å²) in [5.74, 6) is 0. The lowest BCUT2D eigenvalue weighted by atomic mass is 9.95. The molecule has 20 heavy (non-hydrogen) atoms. The quantitative estimate of drug-likeness (QED) is 0.657. The first-order valence-electron chi connectivity index (χ1n) is 7.36. The molecule has 2 rings (SSSR count). The number of benzene rings is 1. The summed E-state index contributed by atoms with van der Waals surface area (Å²) in [5, 5.41) is 11.0. The summed E-state index contributed by atoms with van der Waals surface area (Å²) in [6, 6.07) is 9.50. The second-order valence-corrected chi connectivity index (χ2v) is 5.25. The van der Waals surface area contributed by atoms with Crippen LogP contribution in [0.1, 0.15) is 44.9 Å². The third-order valence-corrected chi connectivity index (χ3v) is 3.86. The van der Waals surface area contributed by atoms with Crippen molar-refractivity contribution in [3.8, 4) is 6.19 Å². The third-order valence-electron chi connectivity index (χ3n) is 3.86. The highest BCUT2D eigenvalue weighted by Crippen LogP contribution is 2.26. The van der Waals surface area contributed by atoms with Crippen LogP contribution in [0, 0.1) is 11.5 Å². The number of carbonyl (C=O) groups excluding carboxylic acids is 1. The minimum absolute atomic E-state index is 0.186. The van der Waals surface area contributed by atoms with E-state index in [-0.39, 0.29) is 12.1 Å². The molecule has 0 radical (unpaired) electrons. The maximum Gasteiger partial charge on any atom is 0.335 e. The van der Waals surface area contributed by atoms with Crippen LogP contribution in [0.4, 0.5) is 10.5 Å². The highest BCUT2D eigenvalue weighted by atomic mass is 16.2. The van der Waals surface area contributed by atoms with Crippen LogP contribution in [0.2, 0.25) is 0 Å². The average molecular weight is 271 g/mol. The Bertz CT molecular complexity index is 458. The smallest absolute Gasteiger partial charge is 0.291 e. The maximum atomic E-state index is 12.2. The fourth-order valence-electron chi connectivity index (χ4n) is 2.88. The van der Waals surface area contributed by atoms with Gasteiger partial charge in [-0.15, -0.1) is 0 Å². The Balaban J connectivity index is 2.21. The van der Waals surface area contributed by atoms with Gasteiger partial charge in [0, 0.05) is 11.7 Å². The zero-order valence-electron chi connectivity index (χ0n) is 11.7. The van der Waals surface area contributed by atoms with Gasteiger partial charge >= 0.3 is 6.03 Å². The van der Waals surface area contributed by atoms with Gasteiger partial charge in [-0.25, -0.2) is 10.1 Å². The molecule has 0 saturated heterocycles. The van der Waals surface area contributed by atoms with Crippen molar-refractivity contribution < 1.29 is 4.79 Å². The van der Waals surface area contributed by atoms with Gasteiger partial charge in [0.1, 0.15) is 0 Å². The number of nitrogens with zero attached hydrogens (tertiary/aromatic N) is 2. The lowest BCUT2D eigenvalue weighted by Gasteiger charge is -2.32. The van der Waals surface area contributed by atoms with Gasteiger partial charge in [0.25, 0.3) is 0 Å². The lowest BCUT2D eigenvalue weighted by molar-refractivity contribution is 0.245. The van der Waals surface area contributed by atoms with Crippen molar-refractivity contribution in [1.29, 1.82) is 5.26 Å². The van der Waals surface area contributed by atoms with Crippen LogP contribution in [-0.2, 0) is 0 Å². The van der Waals surface area contributed by atoms with E-state index < -0.39 is 0 Å². The second-order valence-electron chi connectivity index (χ2n) is 5.25. The van der Waals surface area contributed by atoms with Gasteiger partial charge in [-0.2, -0.15) is 5.26 Å². The molecule has 1 aliphatic carbocycles. The van der Waals surface area contributed by atoms with E-state index in [0.29, 0.717) is 0 Å². The van der Waals surface area contributed by atoms with Gasteiger partial charge in [-0.1, -0.05) is 50.3 Å². The summed E-state index contributed by atoms with van der Waals surface area (Å²) in [6.45, 7) is 0. The van der Waals surface area contributed by atoms with Crippen LogP contribution in [0.25, 0.3) is 0 Å². The van der Waals surface area contributed by atoms with Crippen LogP contribution in [0.15, 0.2) is 30.3 Å². The minimum atomic E-state index is -0.315. The van der Waals surface area contributed by atoms with E-state index in [4.69, 9.17) is 5.26 Å². The number of urea groups is 1. The normalized spacial score (nSPS) is 16.6. The van der Waals surface area contributed by atoms with Gasteiger partial charge in [0.2, 0.25) is 0 Å². The summed E-state index contributed by atoms with van der Waals surface area (Å²) >= 11 is 0. The topological polar surface area (TPSA) is 56.1 Å². The van der Waals surface area contributed by atoms with E-state index in [0.717, 1.165) is 31.4 Å². The average Bonchev–Trinajstić information content (AvgIpc) is 2.43. The van der Waals surface area contributed by atoms with E-state index in [9.17, 15) is 4.79 Å². The Morgan fingerprint density at radius 1 is 1.10 bits per heavy atom. The summed E-state index contributed by atoms with van der Waals surface area (Å²) in [5.41, 5.74) is 0.867. The molecule has 1 fully saturated rings. The number of hydrogen-bond acceptors (Lipinski definition) is 2. The first-order chi connectivity index (χ1) is 9.83. The van der Waals surface area contributed by atoms with Crippen LogP contribution in [0.5, 0.6) is 0 Å². The highest BCUT2D eigenvalue weighted by Gasteiger charge is 2.25. The molecule has 2 amide bonds. The molecular formula is C16H21N3O. The van der Waals surface area contributed by atoms with Crippen molar-refractivity contribution in [1.82, 2.24) is 5.32 Å². The molecular weight excluding hydrogens is 250 g/mol. The predicted molar refractivity (Wildman–Crippen MR) is 79.2 cm³/mol. The SMILES string of the molecule is N#CNC(=O)N(c1ccccc1)C1CCCCCCC1. The second kappa shape index (κ2) is 7.54. The molecule has 0 aromatic heterocycles. The number of nitriles is 1. The monoisotopic (exact) mass is 271 g/mol. The standard InChI is InChI=1S/C16H21N3O/c17-13-18-16(20)19(15-11-7-4-8-12-15)14-9-5-2-1-3-6-10-14/h4,7-8,11-12,14H,1-3,5-6,9-10H2,(H,18,20). The maximum absolute atomic E-state index is 12.2. The van der Waals surface area contributed by atoms with Crippen molar-refractivity contribution >= 4 is 11.7 Å². The summed E-state index contributed by atoms with van der Waals surface area (Å²) in [7, 11) is 0. The van der Waals surface area contributed by atoms with Crippen LogP contribution < -0.4 is 10.2 Å². The molecule has 1 aliphatic rings. The van der Waals surface area contributed by atoms with Crippen LogP contribution in [-0.4, -0.2) is 12.1 Å². The molecule has 4 nitrogen and oxygen atoms in total. The number of rotatable bonds is 2. The third kappa shape index (κ3) is 3.74. The molecule has 1 aromatic rings. The number of carbonyl (C=O) groups is 1. The van der Waals surface area contributed by atoms with E-state index in [1.807, 2.05) is 30.3 Å². The molecule has 1 aromatic carbocycles. The Hall–Kier alpha value is -2.02.